The van der Waals surface area contributed by atoms with Crippen LogP contribution >= 0.6 is 11.6 Å². The summed E-state index contributed by atoms with van der Waals surface area (Å²) in [6, 6.07) is 14.7. The molecule has 2 aromatic rings. The molecule has 0 aliphatic carbocycles. The highest BCUT2D eigenvalue weighted by molar-refractivity contribution is 6.30. The van der Waals surface area contributed by atoms with Gasteiger partial charge in [-0.1, -0.05) is 29.8 Å². The number of hydrazine groups is 1. The average molecular weight is 293 g/mol. The maximum atomic E-state index is 5.83. The Balaban J connectivity index is 2.07. The van der Waals surface area contributed by atoms with Gasteiger partial charge in [0.2, 0.25) is 0 Å². The van der Waals surface area contributed by atoms with Crippen LogP contribution in [-0.4, -0.2) is 13.7 Å². The van der Waals surface area contributed by atoms with Gasteiger partial charge in [0.05, 0.1) is 13.2 Å². The monoisotopic (exact) mass is 292 g/mol. The number of nitrogens with one attached hydrogen (secondary N) is 1. The smallest absolute Gasteiger partial charge is 0.123 e. The summed E-state index contributed by atoms with van der Waals surface area (Å²) in [6.45, 7) is 0.387. The van der Waals surface area contributed by atoms with E-state index in [1.54, 1.807) is 19.2 Å². The Morgan fingerprint density at radius 2 is 1.85 bits per heavy atom. The molecule has 3 N–H and O–H groups in total. The van der Waals surface area contributed by atoms with E-state index < -0.39 is 0 Å². The third-order valence-corrected chi connectivity index (χ3v) is 3.20. The number of halogens is 1. The van der Waals surface area contributed by atoms with Crippen LogP contribution in [0.3, 0.4) is 0 Å². The Labute approximate surface area is 123 Å². The van der Waals surface area contributed by atoms with Crippen molar-refractivity contribution in [2.45, 2.75) is 6.04 Å². The lowest BCUT2D eigenvalue weighted by Gasteiger charge is -2.19. The largest absolute Gasteiger partial charge is 0.496 e. The van der Waals surface area contributed by atoms with Gasteiger partial charge < -0.3 is 9.47 Å². The average Bonchev–Trinajstić information content (AvgIpc) is 2.50. The van der Waals surface area contributed by atoms with Crippen molar-refractivity contribution >= 4 is 11.6 Å². The molecule has 5 heteroatoms. The second-order valence-corrected chi connectivity index (χ2v) is 4.66. The number of para-hydroxylation sites is 1. The standard InChI is InChI=1S/C15H17ClN2O2/c1-19-15-5-3-2-4-13(15)14(18-17)10-20-12-8-6-11(16)7-9-12/h2-9,14,18H,10,17H2,1H3. The zero-order chi connectivity index (χ0) is 14.4. The zero-order valence-electron chi connectivity index (χ0n) is 11.2. The first kappa shape index (κ1) is 14.7. The van der Waals surface area contributed by atoms with Crippen molar-refractivity contribution in [1.82, 2.24) is 5.43 Å². The predicted octanol–water partition coefficient (Wildman–Crippen LogP) is 2.93. The molecule has 106 valence electrons. The Kier molecular flexibility index (Phi) is 5.24. The minimum absolute atomic E-state index is 0.165. The number of nitrogens with two attached hydrogens (primary N) is 1. The van der Waals surface area contributed by atoms with Crippen molar-refractivity contribution in [3.63, 3.8) is 0 Å². The summed E-state index contributed by atoms with van der Waals surface area (Å²) in [5.41, 5.74) is 3.69. The van der Waals surface area contributed by atoms with E-state index in [-0.39, 0.29) is 6.04 Å². The first-order valence-electron chi connectivity index (χ1n) is 6.22. The molecule has 0 aliphatic heterocycles. The zero-order valence-corrected chi connectivity index (χ0v) is 11.9. The molecule has 0 radical (unpaired) electrons. The van der Waals surface area contributed by atoms with Gasteiger partial charge in [0.25, 0.3) is 0 Å². The van der Waals surface area contributed by atoms with Crippen LogP contribution in [0.5, 0.6) is 11.5 Å². The second kappa shape index (κ2) is 7.14. The summed E-state index contributed by atoms with van der Waals surface area (Å²) < 4.78 is 11.0. The van der Waals surface area contributed by atoms with Crippen LogP contribution in [0.25, 0.3) is 0 Å². The number of benzene rings is 2. The van der Waals surface area contributed by atoms with E-state index >= 15 is 0 Å². The molecule has 0 saturated carbocycles. The van der Waals surface area contributed by atoms with Crippen molar-refractivity contribution in [2.24, 2.45) is 5.84 Å². The highest BCUT2D eigenvalue weighted by Crippen LogP contribution is 2.25. The summed E-state index contributed by atoms with van der Waals surface area (Å²) in [4.78, 5) is 0. The summed E-state index contributed by atoms with van der Waals surface area (Å²) in [7, 11) is 1.63. The van der Waals surface area contributed by atoms with Crippen molar-refractivity contribution < 1.29 is 9.47 Å². The Morgan fingerprint density at radius 1 is 1.15 bits per heavy atom. The highest BCUT2D eigenvalue weighted by Gasteiger charge is 2.15. The summed E-state index contributed by atoms with van der Waals surface area (Å²) in [6.07, 6.45) is 0. The molecule has 0 amide bonds. The van der Waals surface area contributed by atoms with Crippen LogP contribution < -0.4 is 20.7 Å². The molecule has 0 fully saturated rings. The van der Waals surface area contributed by atoms with Gasteiger partial charge >= 0.3 is 0 Å². The lowest BCUT2D eigenvalue weighted by Crippen LogP contribution is -2.32. The van der Waals surface area contributed by atoms with E-state index in [4.69, 9.17) is 26.9 Å². The molecule has 4 nitrogen and oxygen atoms in total. The fourth-order valence-corrected chi connectivity index (χ4v) is 2.02. The molecule has 0 saturated heterocycles. The number of ether oxygens (including phenoxy) is 2. The molecule has 0 aliphatic rings. The fourth-order valence-electron chi connectivity index (χ4n) is 1.89. The van der Waals surface area contributed by atoms with E-state index in [2.05, 4.69) is 5.43 Å². The molecule has 0 heterocycles. The van der Waals surface area contributed by atoms with Gasteiger partial charge in [-0.2, -0.15) is 0 Å². The van der Waals surface area contributed by atoms with Gasteiger partial charge in [-0.25, -0.2) is 5.43 Å². The van der Waals surface area contributed by atoms with Gasteiger partial charge in [0.15, 0.2) is 0 Å². The summed E-state index contributed by atoms with van der Waals surface area (Å²) in [5.74, 6) is 7.12. The van der Waals surface area contributed by atoms with Crippen LogP contribution in [-0.2, 0) is 0 Å². The van der Waals surface area contributed by atoms with Gasteiger partial charge in [0, 0.05) is 10.6 Å². The van der Waals surface area contributed by atoms with Gasteiger partial charge in [0.1, 0.15) is 18.1 Å². The van der Waals surface area contributed by atoms with Crippen LogP contribution in [0.2, 0.25) is 5.02 Å². The first-order chi connectivity index (χ1) is 9.74. The highest BCUT2D eigenvalue weighted by atomic mass is 35.5. The normalized spacial score (nSPS) is 11.9. The van der Waals surface area contributed by atoms with E-state index in [0.717, 1.165) is 17.1 Å². The van der Waals surface area contributed by atoms with Crippen molar-refractivity contribution in [3.05, 3.63) is 59.1 Å². The van der Waals surface area contributed by atoms with Gasteiger partial charge in [-0.3, -0.25) is 5.84 Å². The number of methoxy groups -OCH3 is 1. The third kappa shape index (κ3) is 3.63. The predicted molar refractivity (Wildman–Crippen MR) is 80.0 cm³/mol. The molecule has 0 spiro atoms. The van der Waals surface area contributed by atoms with Crippen LogP contribution in [0.15, 0.2) is 48.5 Å². The Bertz CT molecular complexity index is 546. The molecule has 0 aromatic heterocycles. The molecule has 0 bridgehead atoms. The van der Waals surface area contributed by atoms with Crippen LogP contribution in [0, 0.1) is 0 Å². The third-order valence-electron chi connectivity index (χ3n) is 2.95. The van der Waals surface area contributed by atoms with Gasteiger partial charge in [-0.15, -0.1) is 0 Å². The minimum atomic E-state index is -0.165. The lowest BCUT2D eigenvalue weighted by molar-refractivity contribution is 0.263. The first-order valence-corrected chi connectivity index (χ1v) is 6.60. The topological polar surface area (TPSA) is 56.5 Å². The summed E-state index contributed by atoms with van der Waals surface area (Å²) in [5, 5.41) is 0.676. The molecule has 1 atom stereocenters. The summed E-state index contributed by atoms with van der Waals surface area (Å²) >= 11 is 5.83. The van der Waals surface area contributed by atoms with Crippen molar-refractivity contribution in [3.8, 4) is 11.5 Å². The van der Waals surface area contributed by atoms with E-state index in [0.29, 0.717) is 11.6 Å². The molecule has 20 heavy (non-hydrogen) atoms. The number of hydrogen-bond donors (Lipinski definition) is 2. The van der Waals surface area contributed by atoms with Crippen molar-refractivity contribution in [2.75, 3.05) is 13.7 Å². The molecule has 1 unspecified atom stereocenters. The Morgan fingerprint density at radius 3 is 2.50 bits per heavy atom. The van der Waals surface area contributed by atoms with Crippen LogP contribution in [0.1, 0.15) is 11.6 Å². The maximum absolute atomic E-state index is 5.83. The van der Waals surface area contributed by atoms with E-state index in [9.17, 15) is 0 Å². The van der Waals surface area contributed by atoms with E-state index in [1.165, 1.54) is 0 Å². The fraction of sp³-hybridized carbons (Fsp3) is 0.200. The number of rotatable bonds is 6. The number of hydrogen-bond acceptors (Lipinski definition) is 4. The molecule has 2 aromatic carbocycles. The maximum Gasteiger partial charge on any atom is 0.123 e. The minimum Gasteiger partial charge on any atom is -0.496 e. The molecular weight excluding hydrogens is 276 g/mol. The van der Waals surface area contributed by atoms with Gasteiger partial charge in [-0.05, 0) is 30.3 Å². The lowest BCUT2D eigenvalue weighted by atomic mass is 10.1. The molecular formula is C15H17ClN2O2. The van der Waals surface area contributed by atoms with E-state index in [1.807, 2.05) is 36.4 Å². The van der Waals surface area contributed by atoms with Crippen LogP contribution in [0.4, 0.5) is 0 Å². The quantitative estimate of drug-likeness (QED) is 0.635. The Hall–Kier alpha value is -1.75. The second-order valence-electron chi connectivity index (χ2n) is 4.23. The SMILES string of the molecule is COc1ccccc1C(COc1ccc(Cl)cc1)NN. The molecule has 2 rings (SSSR count). The van der Waals surface area contributed by atoms with Crippen molar-refractivity contribution in [1.29, 1.82) is 0 Å².